The first-order chi connectivity index (χ1) is 14.1. The smallest absolute Gasteiger partial charge is 0.359 e. The normalized spacial score (nSPS) is 44.8. The molecule has 1 spiro atoms. The average molecular weight is 445 g/mol. The Labute approximate surface area is 175 Å². The number of rotatable bonds is 6. The van der Waals surface area contributed by atoms with Gasteiger partial charge in [0.05, 0.1) is 12.5 Å². The largest absolute Gasteiger partial charge is 0.465 e. The van der Waals surface area contributed by atoms with Gasteiger partial charge in [0.1, 0.15) is 6.10 Å². The van der Waals surface area contributed by atoms with Crippen LogP contribution in [0.15, 0.2) is 0 Å². The summed E-state index contributed by atoms with van der Waals surface area (Å²) < 4.78 is 54.0. The minimum Gasteiger partial charge on any atom is -0.465 e. The first-order valence-electron chi connectivity index (χ1n) is 11.1. The third kappa shape index (κ3) is 3.10. The van der Waals surface area contributed by atoms with E-state index in [0.29, 0.717) is 37.7 Å². The van der Waals surface area contributed by atoms with Gasteiger partial charge >= 0.3 is 27.6 Å². The van der Waals surface area contributed by atoms with Gasteiger partial charge in [0.2, 0.25) is 0 Å². The van der Waals surface area contributed by atoms with E-state index in [4.69, 9.17) is 14.0 Å². The fourth-order valence-electron chi connectivity index (χ4n) is 7.92. The number of hydrogen-bond acceptors (Lipinski definition) is 6. The molecule has 5 aliphatic rings. The predicted octanol–water partition coefficient (Wildman–Crippen LogP) is 3.03. The van der Waals surface area contributed by atoms with Crippen LogP contribution in [0.3, 0.4) is 0 Å². The Morgan fingerprint density at radius 1 is 1.03 bits per heavy atom. The van der Waals surface area contributed by atoms with Gasteiger partial charge in [0.15, 0.2) is 0 Å². The molecule has 3 bridgehead atoms. The van der Waals surface area contributed by atoms with Crippen molar-refractivity contribution in [2.75, 3.05) is 6.61 Å². The fourth-order valence-corrected chi connectivity index (χ4v) is 8.22. The number of halogens is 1. The van der Waals surface area contributed by atoms with Crippen LogP contribution in [0.2, 0.25) is 0 Å². The van der Waals surface area contributed by atoms with Crippen molar-refractivity contribution < 1.29 is 36.4 Å². The van der Waals surface area contributed by atoms with Gasteiger partial charge in [-0.3, -0.25) is 9.35 Å². The van der Waals surface area contributed by atoms with Gasteiger partial charge in [-0.25, -0.2) is 9.18 Å². The van der Waals surface area contributed by atoms with E-state index in [0.717, 1.165) is 17.8 Å². The van der Waals surface area contributed by atoms with E-state index in [2.05, 4.69) is 0 Å². The summed E-state index contributed by atoms with van der Waals surface area (Å²) in [6.07, 6.45) is 8.69. The van der Waals surface area contributed by atoms with Crippen molar-refractivity contribution in [3.8, 4) is 0 Å². The second-order valence-corrected chi connectivity index (χ2v) is 11.9. The Balaban J connectivity index is 1.10. The lowest BCUT2D eigenvalue weighted by Gasteiger charge is -2.58. The van der Waals surface area contributed by atoms with Crippen molar-refractivity contribution in [3.63, 3.8) is 0 Å². The van der Waals surface area contributed by atoms with Crippen LogP contribution in [0.1, 0.15) is 64.2 Å². The highest BCUT2D eigenvalue weighted by atomic mass is 32.2. The maximum atomic E-state index is 13.3. The van der Waals surface area contributed by atoms with Crippen molar-refractivity contribution in [2.24, 2.45) is 34.5 Å². The van der Waals surface area contributed by atoms with Crippen LogP contribution >= 0.6 is 0 Å². The summed E-state index contributed by atoms with van der Waals surface area (Å²) in [6, 6.07) is 0. The van der Waals surface area contributed by atoms with Crippen LogP contribution in [0.4, 0.5) is 4.39 Å². The van der Waals surface area contributed by atoms with E-state index in [1.165, 1.54) is 38.5 Å². The molecule has 0 aliphatic heterocycles. The van der Waals surface area contributed by atoms with E-state index in [-0.39, 0.29) is 17.3 Å². The molecule has 0 aromatic carbocycles. The number of hydrogen-bond donors (Lipinski definition) is 1. The fraction of sp³-hybridized carbons (Fsp3) is 0.905. The molecule has 0 heterocycles. The molecule has 5 fully saturated rings. The number of alkyl halides is 1. The van der Waals surface area contributed by atoms with Crippen LogP contribution in [0.5, 0.6) is 0 Å². The molecule has 168 valence electrons. The van der Waals surface area contributed by atoms with Gasteiger partial charge in [-0.15, -0.1) is 0 Å². The Kier molecular flexibility index (Phi) is 4.75. The molecule has 5 aliphatic carbocycles. The number of esters is 2. The Hall–Kier alpha value is -1.22. The lowest BCUT2D eigenvalue weighted by atomic mass is 9.46. The molecule has 0 radical (unpaired) electrons. The number of carbonyl (C=O) groups is 2. The molecular formula is C21H29FO7S. The molecule has 9 heteroatoms. The monoisotopic (exact) mass is 444 g/mol. The summed E-state index contributed by atoms with van der Waals surface area (Å²) in [5.41, 5.74) is -2.46. The summed E-state index contributed by atoms with van der Waals surface area (Å²) in [4.78, 5) is 24.2. The lowest BCUT2D eigenvalue weighted by Crippen LogP contribution is -2.55. The highest BCUT2D eigenvalue weighted by Gasteiger charge is 2.74. The maximum Gasteiger partial charge on any atom is 0.359 e. The van der Waals surface area contributed by atoms with Crippen molar-refractivity contribution in [2.45, 2.75) is 75.8 Å². The van der Waals surface area contributed by atoms with Gasteiger partial charge in [0, 0.05) is 5.41 Å². The van der Waals surface area contributed by atoms with E-state index < -0.39 is 27.7 Å². The second kappa shape index (κ2) is 6.89. The van der Waals surface area contributed by atoms with Gasteiger partial charge in [0.25, 0.3) is 0 Å². The molecule has 7 nitrogen and oxygen atoms in total. The summed E-state index contributed by atoms with van der Waals surface area (Å²) in [5, 5.41) is 0. The molecule has 6 unspecified atom stereocenters. The lowest BCUT2D eigenvalue weighted by molar-refractivity contribution is -0.174. The zero-order valence-corrected chi connectivity index (χ0v) is 17.7. The Morgan fingerprint density at radius 2 is 1.73 bits per heavy atom. The van der Waals surface area contributed by atoms with Gasteiger partial charge in [-0.2, -0.15) is 8.42 Å². The number of fused-ring (bicyclic) bond motifs is 2. The molecule has 0 aromatic heterocycles. The molecule has 0 saturated heterocycles. The van der Waals surface area contributed by atoms with Crippen molar-refractivity contribution >= 4 is 22.1 Å². The standard InChI is InChI=1S/C21H29FO7S/c22-17(30(25,26)27)19(24)29-16-3-1-14(2-4-16)18(23)28-11-20-7-13-5-12-6-15(10-20)21(20,8-12)9-13/h12-17H,1-11H2,(H,25,26,27). The van der Waals surface area contributed by atoms with E-state index in [9.17, 15) is 22.4 Å². The summed E-state index contributed by atoms with van der Waals surface area (Å²) in [5.74, 6) is 0.444. The minimum absolute atomic E-state index is 0.196. The SMILES string of the molecule is O=C(OCC12CC3CC4CC(C1)C2(C4)C3)C1CCC(OC(=O)C(F)S(=O)(=O)O)CC1. The van der Waals surface area contributed by atoms with Crippen molar-refractivity contribution in [1.29, 1.82) is 0 Å². The summed E-state index contributed by atoms with van der Waals surface area (Å²) in [6.45, 7) is 0.526. The van der Waals surface area contributed by atoms with Crippen LogP contribution in [0, 0.1) is 34.5 Å². The molecule has 5 saturated carbocycles. The second-order valence-electron chi connectivity index (χ2n) is 10.5. The zero-order chi connectivity index (χ0) is 21.3. The highest BCUT2D eigenvalue weighted by Crippen LogP contribution is 2.81. The molecule has 5 rings (SSSR count). The summed E-state index contributed by atoms with van der Waals surface area (Å²) >= 11 is 0. The summed E-state index contributed by atoms with van der Waals surface area (Å²) in [7, 11) is -5.12. The first kappa shape index (κ1) is 20.7. The number of carbonyl (C=O) groups excluding carboxylic acids is 2. The molecule has 0 amide bonds. The third-order valence-corrected chi connectivity index (χ3v) is 9.69. The van der Waals surface area contributed by atoms with Crippen LogP contribution in [-0.2, 0) is 29.2 Å². The predicted molar refractivity (Wildman–Crippen MR) is 102 cm³/mol. The van der Waals surface area contributed by atoms with E-state index in [1.54, 1.807) is 0 Å². The molecule has 1 N–H and O–H groups in total. The zero-order valence-electron chi connectivity index (χ0n) is 16.9. The van der Waals surface area contributed by atoms with Crippen LogP contribution in [-0.4, -0.2) is 43.1 Å². The average Bonchev–Trinajstić information content (AvgIpc) is 3.00. The van der Waals surface area contributed by atoms with Crippen LogP contribution in [0.25, 0.3) is 0 Å². The van der Waals surface area contributed by atoms with Gasteiger partial charge in [-0.05, 0) is 87.4 Å². The molecule has 0 aromatic rings. The van der Waals surface area contributed by atoms with Gasteiger partial charge in [-0.1, -0.05) is 0 Å². The highest BCUT2D eigenvalue weighted by molar-refractivity contribution is 7.87. The molecule has 30 heavy (non-hydrogen) atoms. The Morgan fingerprint density at radius 3 is 2.43 bits per heavy atom. The Bertz CT molecular complexity index is 845. The van der Waals surface area contributed by atoms with E-state index in [1.807, 2.05) is 0 Å². The quantitative estimate of drug-likeness (QED) is 0.496. The number of ether oxygens (including phenoxy) is 2. The first-order valence-corrected chi connectivity index (χ1v) is 12.6. The topological polar surface area (TPSA) is 107 Å². The molecule has 6 atom stereocenters. The molecular weight excluding hydrogens is 415 g/mol. The van der Waals surface area contributed by atoms with Crippen molar-refractivity contribution in [1.82, 2.24) is 0 Å². The van der Waals surface area contributed by atoms with Crippen molar-refractivity contribution in [3.05, 3.63) is 0 Å². The van der Waals surface area contributed by atoms with E-state index >= 15 is 0 Å². The van der Waals surface area contributed by atoms with Crippen LogP contribution < -0.4 is 0 Å². The minimum atomic E-state index is -5.12. The maximum absolute atomic E-state index is 13.3. The third-order valence-electron chi connectivity index (χ3n) is 8.97. The van der Waals surface area contributed by atoms with Gasteiger partial charge < -0.3 is 9.47 Å².